The van der Waals surface area contributed by atoms with Crippen molar-refractivity contribution >= 4 is 11.9 Å². The Balaban J connectivity index is 1.68. The normalized spacial score (nSPS) is 13.4. The van der Waals surface area contributed by atoms with Crippen LogP contribution in [0.25, 0.3) is 0 Å². The highest BCUT2D eigenvalue weighted by Gasteiger charge is 2.20. The van der Waals surface area contributed by atoms with Gasteiger partial charge in [-0.1, -0.05) is 18.2 Å². The Bertz CT molecular complexity index is 783. The molecule has 124 valence electrons. The summed E-state index contributed by atoms with van der Waals surface area (Å²) in [4.78, 5) is 23.4. The molecule has 0 saturated heterocycles. The van der Waals surface area contributed by atoms with Crippen molar-refractivity contribution in [2.75, 3.05) is 6.79 Å². The highest BCUT2D eigenvalue weighted by atomic mass is 16.7. The summed E-state index contributed by atoms with van der Waals surface area (Å²) in [6.45, 7) is 1.96. The lowest BCUT2D eigenvalue weighted by atomic mass is 10.1. The van der Waals surface area contributed by atoms with E-state index in [0.29, 0.717) is 17.9 Å². The highest BCUT2D eigenvalue weighted by molar-refractivity contribution is 6.02. The van der Waals surface area contributed by atoms with Crippen molar-refractivity contribution in [3.63, 3.8) is 0 Å². The third-order valence-electron chi connectivity index (χ3n) is 3.65. The Hall–Kier alpha value is -3.02. The molecule has 6 heteroatoms. The maximum absolute atomic E-state index is 12.2. The highest BCUT2D eigenvalue weighted by Crippen LogP contribution is 2.32. The summed E-state index contributed by atoms with van der Waals surface area (Å²) in [5, 5.41) is 9.14. The van der Waals surface area contributed by atoms with Crippen LogP contribution in [0.1, 0.15) is 33.2 Å². The Labute approximate surface area is 138 Å². The summed E-state index contributed by atoms with van der Waals surface area (Å²) in [6.07, 6.45) is 0.0668. The molecule has 0 radical (unpaired) electrons. The molecule has 0 saturated carbocycles. The molecule has 0 fully saturated rings. The van der Waals surface area contributed by atoms with Crippen LogP contribution in [-0.4, -0.2) is 29.9 Å². The van der Waals surface area contributed by atoms with Crippen LogP contribution >= 0.6 is 0 Å². The van der Waals surface area contributed by atoms with E-state index in [4.69, 9.17) is 19.3 Å². The third-order valence-corrected chi connectivity index (χ3v) is 3.65. The van der Waals surface area contributed by atoms with Crippen molar-refractivity contribution in [3.8, 4) is 11.5 Å². The number of hydrogen-bond acceptors (Lipinski definition) is 5. The molecule has 1 N–H and O–H groups in total. The van der Waals surface area contributed by atoms with E-state index in [1.165, 1.54) is 12.1 Å². The van der Waals surface area contributed by atoms with Gasteiger partial charge in [0.2, 0.25) is 6.79 Å². The van der Waals surface area contributed by atoms with Crippen molar-refractivity contribution in [1.29, 1.82) is 0 Å². The van der Waals surface area contributed by atoms with E-state index in [1.807, 2.05) is 18.2 Å². The molecule has 1 aliphatic rings. The van der Waals surface area contributed by atoms with Gasteiger partial charge in [-0.3, -0.25) is 0 Å². The molecule has 0 bridgehead atoms. The number of esters is 1. The van der Waals surface area contributed by atoms with Gasteiger partial charge in [-0.15, -0.1) is 0 Å². The van der Waals surface area contributed by atoms with Gasteiger partial charge in [0.1, 0.15) is 6.10 Å². The third kappa shape index (κ3) is 3.32. The molecule has 1 heterocycles. The van der Waals surface area contributed by atoms with Crippen LogP contribution < -0.4 is 9.47 Å². The summed E-state index contributed by atoms with van der Waals surface area (Å²) in [5.41, 5.74) is 0.909. The van der Waals surface area contributed by atoms with E-state index in [2.05, 4.69) is 0 Å². The lowest BCUT2D eigenvalue weighted by molar-refractivity contribution is 0.0336. The van der Waals surface area contributed by atoms with Crippen LogP contribution in [0, 0.1) is 0 Å². The molecule has 1 atom stereocenters. The predicted molar refractivity (Wildman–Crippen MR) is 84.5 cm³/mol. The number of carboxylic acids is 1. The van der Waals surface area contributed by atoms with Crippen LogP contribution in [0.4, 0.5) is 0 Å². The van der Waals surface area contributed by atoms with Crippen LogP contribution in [0.15, 0.2) is 42.5 Å². The van der Waals surface area contributed by atoms with Gasteiger partial charge in [0.05, 0.1) is 11.1 Å². The second-order valence-electron chi connectivity index (χ2n) is 5.46. The number of carboxylic acid groups (broad SMARTS) is 1. The van der Waals surface area contributed by atoms with Gasteiger partial charge >= 0.3 is 11.9 Å². The van der Waals surface area contributed by atoms with Crippen LogP contribution in [-0.2, 0) is 11.2 Å². The zero-order valence-electron chi connectivity index (χ0n) is 13.0. The number of fused-ring (bicyclic) bond motifs is 1. The van der Waals surface area contributed by atoms with Crippen molar-refractivity contribution < 1.29 is 28.9 Å². The summed E-state index contributed by atoms with van der Waals surface area (Å²) in [7, 11) is 0. The van der Waals surface area contributed by atoms with Crippen LogP contribution in [0.3, 0.4) is 0 Å². The maximum atomic E-state index is 12.2. The first kappa shape index (κ1) is 15.9. The zero-order valence-corrected chi connectivity index (χ0v) is 13.0. The molecule has 24 heavy (non-hydrogen) atoms. The quantitative estimate of drug-likeness (QED) is 0.850. The van der Waals surface area contributed by atoms with Crippen LogP contribution in [0.2, 0.25) is 0 Å². The van der Waals surface area contributed by atoms with E-state index in [9.17, 15) is 9.59 Å². The monoisotopic (exact) mass is 328 g/mol. The standard InChI is InChI=1S/C18H16O6/c1-11(8-12-6-7-15-16(9-12)23-10-22-15)24-18(21)14-5-3-2-4-13(14)17(19)20/h2-7,9,11H,8,10H2,1H3,(H,19,20)/t11-/m1/s1. The van der Waals surface area contributed by atoms with Gasteiger partial charge in [-0.05, 0) is 36.8 Å². The summed E-state index contributed by atoms with van der Waals surface area (Å²) < 4.78 is 15.9. The largest absolute Gasteiger partial charge is 0.478 e. The van der Waals surface area contributed by atoms with E-state index >= 15 is 0 Å². The molecule has 0 aliphatic carbocycles. The fourth-order valence-corrected chi connectivity index (χ4v) is 2.54. The Kier molecular flexibility index (Phi) is 4.37. The number of hydrogen-bond donors (Lipinski definition) is 1. The fourth-order valence-electron chi connectivity index (χ4n) is 2.54. The molecular weight excluding hydrogens is 312 g/mol. The number of benzene rings is 2. The molecule has 3 rings (SSSR count). The van der Waals surface area contributed by atoms with E-state index < -0.39 is 18.0 Å². The van der Waals surface area contributed by atoms with Crippen molar-refractivity contribution in [3.05, 3.63) is 59.2 Å². The topological polar surface area (TPSA) is 82.1 Å². The zero-order chi connectivity index (χ0) is 17.1. The molecular formula is C18H16O6. The van der Waals surface area contributed by atoms with E-state index in [-0.39, 0.29) is 17.9 Å². The lowest BCUT2D eigenvalue weighted by Crippen LogP contribution is -2.19. The molecule has 0 unspecified atom stereocenters. The molecule has 0 spiro atoms. The number of aromatic carboxylic acids is 1. The molecule has 2 aromatic carbocycles. The summed E-state index contributed by atoms with van der Waals surface area (Å²) >= 11 is 0. The minimum absolute atomic E-state index is 0.0440. The van der Waals surface area contributed by atoms with Crippen LogP contribution in [0.5, 0.6) is 11.5 Å². The van der Waals surface area contributed by atoms with Crippen molar-refractivity contribution in [1.82, 2.24) is 0 Å². The average molecular weight is 328 g/mol. The first-order chi connectivity index (χ1) is 11.5. The van der Waals surface area contributed by atoms with Gasteiger partial charge in [-0.2, -0.15) is 0 Å². The first-order valence-electron chi connectivity index (χ1n) is 7.46. The lowest BCUT2D eigenvalue weighted by Gasteiger charge is -2.14. The van der Waals surface area contributed by atoms with Crippen molar-refractivity contribution in [2.24, 2.45) is 0 Å². The van der Waals surface area contributed by atoms with Gasteiger partial charge in [0.25, 0.3) is 0 Å². The summed E-state index contributed by atoms with van der Waals surface area (Å²) in [5.74, 6) is -0.451. The predicted octanol–water partition coefficient (Wildman–Crippen LogP) is 2.90. The Morgan fingerprint density at radius 2 is 1.83 bits per heavy atom. The summed E-state index contributed by atoms with van der Waals surface area (Å²) in [6, 6.07) is 11.5. The Morgan fingerprint density at radius 3 is 2.58 bits per heavy atom. The number of ether oxygens (including phenoxy) is 3. The van der Waals surface area contributed by atoms with Gasteiger partial charge < -0.3 is 19.3 Å². The number of rotatable bonds is 5. The van der Waals surface area contributed by atoms with E-state index in [0.717, 1.165) is 5.56 Å². The van der Waals surface area contributed by atoms with Gasteiger partial charge in [0, 0.05) is 6.42 Å². The Morgan fingerprint density at radius 1 is 1.12 bits per heavy atom. The molecule has 6 nitrogen and oxygen atoms in total. The molecule has 2 aromatic rings. The van der Waals surface area contributed by atoms with E-state index in [1.54, 1.807) is 19.1 Å². The first-order valence-corrected chi connectivity index (χ1v) is 7.46. The van der Waals surface area contributed by atoms with Gasteiger partial charge in [-0.25, -0.2) is 9.59 Å². The maximum Gasteiger partial charge on any atom is 0.339 e. The molecule has 0 amide bonds. The minimum Gasteiger partial charge on any atom is -0.478 e. The second kappa shape index (κ2) is 6.62. The van der Waals surface area contributed by atoms with Gasteiger partial charge in [0.15, 0.2) is 11.5 Å². The average Bonchev–Trinajstić information content (AvgIpc) is 3.02. The fraction of sp³-hybridized carbons (Fsp3) is 0.222. The van der Waals surface area contributed by atoms with Crippen molar-refractivity contribution in [2.45, 2.75) is 19.4 Å². The smallest absolute Gasteiger partial charge is 0.339 e. The number of carbonyl (C=O) groups excluding carboxylic acids is 1. The molecule has 0 aromatic heterocycles. The SMILES string of the molecule is C[C@H](Cc1ccc2c(c1)OCO2)OC(=O)c1ccccc1C(=O)O. The minimum atomic E-state index is -1.16. The second-order valence-corrected chi connectivity index (χ2v) is 5.46. The number of carbonyl (C=O) groups is 2. The molecule has 1 aliphatic heterocycles.